The topological polar surface area (TPSA) is 74.1 Å². The molecule has 0 radical (unpaired) electrons. The van der Waals surface area contributed by atoms with E-state index in [1.807, 2.05) is 20.8 Å². The predicted octanol–water partition coefficient (Wildman–Crippen LogP) is 6.55. The zero-order valence-electron chi connectivity index (χ0n) is 20.5. The van der Waals surface area contributed by atoms with E-state index in [2.05, 4.69) is 40.1 Å². The molecule has 0 saturated carbocycles. The zero-order valence-corrected chi connectivity index (χ0v) is 20.5. The van der Waals surface area contributed by atoms with Gasteiger partial charge in [0.1, 0.15) is 11.4 Å². The highest BCUT2D eigenvalue weighted by Crippen LogP contribution is 2.38. The number of rotatable bonds is 7. The first kappa shape index (κ1) is 27.4. The first-order valence-electron chi connectivity index (χ1n) is 10.7. The summed E-state index contributed by atoms with van der Waals surface area (Å²) in [5.74, 6) is 0.958. The summed E-state index contributed by atoms with van der Waals surface area (Å²) >= 11 is 0. The Labute approximate surface area is 203 Å². The first-order valence-corrected chi connectivity index (χ1v) is 10.7. The van der Waals surface area contributed by atoms with Gasteiger partial charge in [0, 0.05) is 25.0 Å². The van der Waals surface area contributed by atoms with Gasteiger partial charge in [-0.2, -0.15) is 18.3 Å². The van der Waals surface area contributed by atoms with E-state index in [1.165, 1.54) is 18.0 Å². The number of hydrogen-bond donors (Lipinski definition) is 1. The highest BCUT2D eigenvalue weighted by molar-refractivity contribution is 5.74. The Balaban J connectivity index is 0.00000210. The van der Waals surface area contributed by atoms with Crippen molar-refractivity contribution in [2.45, 2.75) is 46.0 Å². The monoisotopic (exact) mass is 489 g/mol. The van der Waals surface area contributed by atoms with E-state index in [0.29, 0.717) is 22.8 Å². The normalized spacial score (nSPS) is 11.3. The van der Waals surface area contributed by atoms with Gasteiger partial charge in [0.2, 0.25) is 5.88 Å². The second kappa shape index (κ2) is 11.1. The second-order valence-electron chi connectivity index (χ2n) is 8.22. The van der Waals surface area contributed by atoms with Crippen LogP contribution in [0.5, 0.6) is 5.88 Å². The van der Waals surface area contributed by atoms with Gasteiger partial charge in [-0.1, -0.05) is 0 Å². The van der Waals surface area contributed by atoms with E-state index in [4.69, 9.17) is 9.47 Å². The third-order valence-electron chi connectivity index (χ3n) is 4.45. The van der Waals surface area contributed by atoms with Crippen LogP contribution in [-0.2, 0) is 17.5 Å². The Morgan fingerprint density at radius 3 is 2.37 bits per heavy atom. The molecule has 0 spiro atoms. The molecular formula is C25H30F3N5O2. The average molecular weight is 490 g/mol. The van der Waals surface area contributed by atoms with Crippen LogP contribution in [0.1, 0.15) is 33.4 Å². The summed E-state index contributed by atoms with van der Waals surface area (Å²) in [6, 6.07) is 6.72. The quantitative estimate of drug-likeness (QED) is 0.299. The number of aromatic nitrogens is 4. The van der Waals surface area contributed by atoms with Crippen molar-refractivity contribution < 1.29 is 22.6 Å². The number of alkyl halides is 3. The summed E-state index contributed by atoms with van der Waals surface area (Å²) < 4.78 is 53.3. The largest absolute Gasteiger partial charge is 0.483 e. The summed E-state index contributed by atoms with van der Waals surface area (Å²) in [5.41, 5.74) is -0.328. The van der Waals surface area contributed by atoms with E-state index < -0.39 is 17.5 Å². The van der Waals surface area contributed by atoms with Gasteiger partial charge in [0.15, 0.2) is 11.6 Å². The van der Waals surface area contributed by atoms with Crippen molar-refractivity contribution in [3.63, 3.8) is 0 Å². The molecule has 0 aliphatic heterocycles. The average Bonchev–Trinajstić information content (AvgIpc) is 3.25. The molecule has 0 aliphatic rings. The fourth-order valence-electron chi connectivity index (χ4n) is 3.03. The maximum Gasteiger partial charge on any atom is 0.435 e. The van der Waals surface area contributed by atoms with Crippen LogP contribution in [0, 0.1) is 0 Å². The van der Waals surface area contributed by atoms with Crippen LogP contribution < -0.4 is 10.1 Å². The van der Waals surface area contributed by atoms with Gasteiger partial charge >= 0.3 is 6.18 Å². The second-order valence-corrected chi connectivity index (χ2v) is 8.22. The number of anilines is 1. The third kappa shape index (κ3) is 7.33. The minimum absolute atomic E-state index is 0.103. The van der Waals surface area contributed by atoms with Gasteiger partial charge in [-0.25, -0.2) is 9.97 Å². The van der Waals surface area contributed by atoms with Gasteiger partial charge in [0.25, 0.3) is 0 Å². The van der Waals surface area contributed by atoms with Crippen molar-refractivity contribution >= 4 is 5.82 Å². The first-order chi connectivity index (χ1) is 16.4. The van der Waals surface area contributed by atoms with Gasteiger partial charge in [-0.15, -0.1) is 13.2 Å². The van der Waals surface area contributed by atoms with E-state index in [0.717, 1.165) is 0 Å². The Hall–Kier alpha value is -3.82. The summed E-state index contributed by atoms with van der Waals surface area (Å²) in [5, 5.41) is 6.61. The molecular weight excluding hydrogens is 459 g/mol. The van der Waals surface area contributed by atoms with Gasteiger partial charge in [-0.05, 0) is 63.6 Å². The lowest BCUT2D eigenvalue weighted by molar-refractivity contribution is -0.141. The van der Waals surface area contributed by atoms with Crippen molar-refractivity contribution in [1.82, 2.24) is 19.7 Å². The fraction of sp³-hybridized carbons (Fsp3) is 0.320. The van der Waals surface area contributed by atoms with E-state index in [-0.39, 0.29) is 23.7 Å². The SMILES string of the molecule is C=C.C=C(Nc1cc(-c2cc(OC(C)(C)C)nc(-c3cn(CC)nc3C(F)(F)F)c2)ccn1)OC. The van der Waals surface area contributed by atoms with Crippen molar-refractivity contribution in [3.8, 4) is 28.3 Å². The molecule has 3 aromatic rings. The lowest BCUT2D eigenvalue weighted by atomic mass is 10.0. The van der Waals surface area contributed by atoms with E-state index >= 15 is 0 Å². The highest BCUT2D eigenvalue weighted by atomic mass is 19.4. The van der Waals surface area contributed by atoms with Crippen LogP contribution in [0.15, 0.2) is 62.3 Å². The summed E-state index contributed by atoms with van der Waals surface area (Å²) in [4.78, 5) is 8.59. The number of halogens is 3. The highest BCUT2D eigenvalue weighted by Gasteiger charge is 2.38. The molecule has 0 aliphatic carbocycles. The molecule has 3 rings (SSSR count). The molecule has 7 nitrogen and oxygen atoms in total. The molecule has 0 saturated heterocycles. The molecule has 3 aromatic heterocycles. The van der Waals surface area contributed by atoms with Crippen LogP contribution in [0.4, 0.5) is 19.0 Å². The number of aryl methyl sites for hydroxylation is 1. The van der Waals surface area contributed by atoms with Crippen molar-refractivity contribution in [1.29, 1.82) is 0 Å². The molecule has 188 valence electrons. The predicted molar refractivity (Wildman–Crippen MR) is 131 cm³/mol. The standard InChI is InChI=1S/C23H26F3N5O2.C2H4/c1-7-31-13-17(21(30-31)23(24,25)26)18-10-16(12-20(29-18)33-22(3,4)5)15-8-9-27-19(11-15)28-14(2)32-6;1-2/h8-13H,2,7H2,1,3-6H3,(H,27,28);1-2H2. The third-order valence-corrected chi connectivity index (χ3v) is 4.45. The summed E-state index contributed by atoms with van der Waals surface area (Å²) in [6.07, 6.45) is -1.72. The number of ether oxygens (including phenoxy) is 2. The van der Waals surface area contributed by atoms with Gasteiger partial charge in [0.05, 0.1) is 18.4 Å². The number of nitrogens with one attached hydrogen (secondary N) is 1. The van der Waals surface area contributed by atoms with Crippen LogP contribution in [0.2, 0.25) is 0 Å². The smallest absolute Gasteiger partial charge is 0.435 e. The molecule has 0 bridgehead atoms. The Kier molecular flexibility index (Phi) is 8.67. The Bertz CT molecular complexity index is 1170. The van der Waals surface area contributed by atoms with Crippen molar-refractivity contribution in [2.24, 2.45) is 0 Å². The van der Waals surface area contributed by atoms with Crippen LogP contribution in [0.3, 0.4) is 0 Å². The van der Waals surface area contributed by atoms with Crippen LogP contribution in [-0.4, -0.2) is 32.5 Å². The molecule has 35 heavy (non-hydrogen) atoms. The summed E-state index contributed by atoms with van der Waals surface area (Å²) in [7, 11) is 1.47. The van der Waals surface area contributed by atoms with Crippen LogP contribution >= 0.6 is 0 Å². The molecule has 0 unspecified atom stereocenters. The molecule has 1 N–H and O–H groups in total. The maximum atomic E-state index is 13.7. The Morgan fingerprint density at radius 1 is 1.11 bits per heavy atom. The number of nitrogens with zero attached hydrogens (tertiary/aromatic N) is 4. The molecule has 10 heteroatoms. The van der Waals surface area contributed by atoms with Crippen molar-refractivity contribution in [2.75, 3.05) is 12.4 Å². The summed E-state index contributed by atoms with van der Waals surface area (Å²) in [6.45, 7) is 17.2. The van der Waals surface area contributed by atoms with E-state index in [1.54, 1.807) is 37.4 Å². The molecule has 0 atom stereocenters. The molecule has 0 aromatic carbocycles. The van der Waals surface area contributed by atoms with Crippen LogP contribution in [0.25, 0.3) is 22.4 Å². The minimum Gasteiger partial charge on any atom is -0.483 e. The molecule has 0 amide bonds. The number of hydrogen-bond acceptors (Lipinski definition) is 6. The van der Waals surface area contributed by atoms with Crippen molar-refractivity contribution in [3.05, 3.63) is 68.0 Å². The zero-order chi connectivity index (χ0) is 26.4. The van der Waals surface area contributed by atoms with Gasteiger partial charge in [-0.3, -0.25) is 4.68 Å². The Morgan fingerprint density at radius 2 is 1.80 bits per heavy atom. The maximum absolute atomic E-state index is 13.7. The molecule has 0 fully saturated rings. The minimum atomic E-state index is -4.63. The number of pyridine rings is 2. The number of methoxy groups -OCH3 is 1. The fourth-order valence-corrected chi connectivity index (χ4v) is 3.03. The molecule has 3 heterocycles. The van der Waals surface area contributed by atoms with Gasteiger partial charge < -0.3 is 14.8 Å². The van der Waals surface area contributed by atoms with E-state index in [9.17, 15) is 13.2 Å². The lowest BCUT2D eigenvalue weighted by Gasteiger charge is -2.21. The lowest BCUT2D eigenvalue weighted by Crippen LogP contribution is -2.23.